The van der Waals surface area contributed by atoms with Gasteiger partial charge in [-0.2, -0.15) is 0 Å². The highest BCUT2D eigenvalue weighted by Gasteiger charge is 2.09. The maximum atomic E-state index is 4.67. The van der Waals surface area contributed by atoms with E-state index < -0.39 is 0 Å². The first-order chi connectivity index (χ1) is 10.3. The molecule has 1 N–H and O–H groups in total. The molecule has 0 aliphatic rings. The van der Waals surface area contributed by atoms with E-state index in [0.717, 1.165) is 22.5 Å². The lowest BCUT2D eigenvalue weighted by Crippen LogP contribution is -2.03. The van der Waals surface area contributed by atoms with Crippen molar-refractivity contribution in [1.82, 2.24) is 9.97 Å². The Morgan fingerprint density at radius 3 is 2.57 bits per heavy atom. The molecule has 1 heterocycles. The highest BCUT2D eigenvalue weighted by Crippen LogP contribution is 2.33. The number of anilines is 1. The molecule has 0 radical (unpaired) electrons. The van der Waals surface area contributed by atoms with Gasteiger partial charge in [0.15, 0.2) is 0 Å². The highest BCUT2D eigenvalue weighted by molar-refractivity contribution is 7.99. The normalized spacial score (nSPS) is 10.8. The van der Waals surface area contributed by atoms with Gasteiger partial charge in [0.1, 0.15) is 5.03 Å². The first kappa shape index (κ1) is 13.9. The van der Waals surface area contributed by atoms with Crippen LogP contribution in [-0.2, 0) is 0 Å². The number of para-hydroxylation sites is 1. The van der Waals surface area contributed by atoms with Crippen molar-refractivity contribution in [2.24, 2.45) is 0 Å². The van der Waals surface area contributed by atoms with E-state index in [0.29, 0.717) is 5.95 Å². The number of nitrogens with one attached hydrogen (secondary N) is 1. The van der Waals surface area contributed by atoms with Gasteiger partial charge in [0.2, 0.25) is 5.95 Å². The van der Waals surface area contributed by atoms with Crippen molar-refractivity contribution in [2.75, 3.05) is 11.9 Å². The molecule has 0 atom stereocenters. The van der Waals surface area contributed by atoms with E-state index in [4.69, 9.17) is 0 Å². The zero-order valence-corrected chi connectivity index (χ0v) is 12.9. The number of hydrogen-bond acceptors (Lipinski definition) is 4. The third-order valence-corrected chi connectivity index (χ3v) is 4.39. The molecule has 0 aliphatic carbocycles. The SMILES string of the molecule is CCNc1nc(Sc2ccccc2C)c2ccccc2n1. The number of rotatable bonds is 4. The smallest absolute Gasteiger partial charge is 0.224 e. The number of benzene rings is 2. The maximum Gasteiger partial charge on any atom is 0.224 e. The third-order valence-electron chi connectivity index (χ3n) is 3.20. The average Bonchev–Trinajstić information content (AvgIpc) is 2.50. The van der Waals surface area contributed by atoms with Crippen LogP contribution < -0.4 is 5.32 Å². The molecule has 0 saturated heterocycles. The van der Waals surface area contributed by atoms with Crippen LogP contribution in [0.4, 0.5) is 5.95 Å². The summed E-state index contributed by atoms with van der Waals surface area (Å²) >= 11 is 1.69. The van der Waals surface area contributed by atoms with Crippen molar-refractivity contribution in [3.05, 3.63) is 54.1 Å². The molecule has 106 valence electrons. The van der Waals surface area contributed by atoms with Crippen molar-refractivity contribution in [1.29, 1.82) is 0 Å². The fourth-order valence-corrected chi connectivity index (χ4v) is 3.14. The molecule has 21 heavy (non-hydrogen) atoms. The zero-order chi connectivity index (χ0) is 14.7. The van der Waals surface area contributed by atoms with Gasteiger partial charge < -0.3 is 5.32 Å². The van der Waals surface area contributed by atoms with E-state index in [9.17, 15) is 0 Å². The van der Waals surface area contributed by atoms with Crippen LogP contribution in [0.25, 0.3) is 10.9 Å². The first-order valence-electron chi connectivity index (χ1n) is 7.02. The molecular weight excluding hydrogens is 278 g/mol. The molecule has 3 rings (SSSR count). The predicted molar refractivity (Wildman–Crippen MR) is 89.0 cm³/mol. The number of nitrogens with zero attached hydrogens (tertiary/aromatic N) is 2. The molecule has 3 nitrogen and oxygen atoms in total. The molecule has 0 spiro atoms. The Bertz CT molecular complexity index is 771. The molecule has 4 heteroatoms. The Kier molecular flexibility index (Phi) is 4.06. The van der Waals surface area contributed by atoms with E-state index in [1.54, 1.807) is 11.8 Å². The summed E-state index contributed by atoms with van der Waals surface area (Å²) in [6, 6.07) is 16.5. The van der Waals surface area contributed by atoms with Crippen LogP contribution >= 0.6 is 11.8 Å². The van der Waals surface area contributed by atoms with Gasteiger partial charge in [0, 0.05) is 16.8 Å². The van der Waals surface area contributed by atoms with E-state index >= 15 is 0 Å². The van der Waals surface area contributed by atoms with E-state index in [-0.39, 0.29) is 0 Å². The Morgan fingerprint density at radius 2 is 1.76 bits per heavy atom. The summed E-state index contributed by atoms with van der Waals surface area (Å²) in [5.41, 5.74) is 2.23. The lowest BCUT2D eigenvalue weighted by atomic mass is 10.2. The van der Waals surface area contributed by atoms with Crippen molar-refractivity contribution in [2.45, 2.75) is 23.8 Å². The maximum absolute atomic E-state index is 4.67. The summed E-state index contributed by atoms with van der Waals surface area (Å²) < 4.78 is 0. The zero-order valence-electron chi connectivity index (χ0n) is 12.1. The molecule has 0 bridgehead atoms. The van der Waals surface area contributed by atoms with Gasteiger partial charge in [0.25, 0.3) is 0 Å². The van der Waals surface area contributed by atoms with E-state index in [1.165, 1.54) is 10.5 Å². The number of hydrogen-bond donors (Lipinski definition) is 1. The Morgan fingerprint density at radius 1 is 1.00 bits per heavy atom. The van der Waals surface area contributed by atoms with Crippen molar-refractivity contribution < 1.29 is 0 Å². The molecule has 0 fully saturated rings. The molecule has 3 aromatic rings. The quantitative estimate of drug-likeness (QED) is 0.718. The van der Waals surface area contributed by atoms with Crippen LogP contribution in [-0.4, -0.2) is 16.5 Å². The molecule has 0 amide bonds. The van der Waals surface area contributed by atoms with Crippen molar-refractivity contribution in [3.63, 3.8) is 0 Å². The lowest BCUT2D eigenvalue weighted by molar-refractivity contribution is 1.05. The standard InChI is InChI=1S/C17H17N3S/c1-3-18-17-19-14-10-6-5-9-13(14)16(20-17)21-15-11-7-4-8-12(15)2/h4-11H,3H2,1-2H3,(H,18,19,20). The van der Waals surface area contributed by atoms with E-state index in [1.807, 2.05) is 25.1 Å². The van der Waals surface area contributed by atoms with Crippen LogP contribution in [0, 0.1) is 6.92 Å². The average molecular weight is 295 g/mol. The van der Waals surface area contributed by atoms with Crippen LogP contribution in [0.2, 0.25) is 0 Å². The third kappa shape index (κ3) is 3.00. The summed E-state index contributed by atoms with van der Waals surface area (Å²) in [5.74, 6) is 0.687. The summed E-state index contributed by atoms with van der Waals surface area (Å²) in [7, 11) is 0. The van der Waals surface area contributed by atoms with Crippen LogP contribution in [0.5, 0.6) is 0 Å². The predicted octanol–water partition coefficient (Wildman–Crippen LogP) is 4.52. The fourth-order valence-electron chi connectivity index (χ4n) is 2.14. The fraction of sp³-hybridized carbons (Fsp3) is 0.176. The molecule has 0 aliphatic heterocycles. The van der Waals surface area contributed by atoms with Crippen LogP contribution in [0.15, 0.2) is 58.5 Å². The summed E-state index contributed by atoms with van der Waals surface area (Å²) in [4.78, 5) is 10.4. The van der Waals surface area contributed by atoms with Gasteiger partial charge in [-0.25, -0.2) is 9.97 Å². The first-order valence-corrected chi connectivity index (χ1v) is 7.83. The minimum Gasteiger partial charge on any atom is -0.354 e. The van der Waals surface area contributed by atoms with Gasteiger partial charge in [-0.05, 0) is 31.5 Å². The summed E-state index contributed by atoms with van der Waals surface area (Å²) in [6.45, 7) is 4.98. The molecule has 0 unspecified atom stereocenters. The molecular formula is C17H17N3S. The number of aryl methyl sites for hydroxylation is 1. The van der Waals surface area contributed by atoms with Crippen molar-refractivity contribution >= 4 is 28.6 Å². The summed E-state index contributed by atoms with van der Waals surface area (Å²) in [6.07, 6.45) is 0. The molecule has 1 aromatic heterocycles. The van der Waals surface area contributed by atoms with E-state index in [2.05, 4.69) is 52.5 Å². The number of aromatic nitrogens is 2. The second kappa shape index (κ2) is 6.14. The Hall–Kier alpha value is -2.07. The molecule has 0 saturated carbocycles. The van der Waals surface area contributed by atoms with Crippen LogP contribution in [0.1, 0.15) is 12.5 Å². The van der Waals surface area contributed by atoms with Gasteiger partial charge in [-0.1, -0.05) is 48.2 Å². The summed E-state index contributed by atoms with van der Waals surface area (Å²) in [5, 5.41) is 5.29. The molecule has 2 aromatic carbocycles. The van der Waals surface area contributed by atoms with Crippen molar-refractivity contribution in [3.8, 4) is 0 Å². The van der Waals surface area contributed by atoms with Gasteiger partial charge in [-0.15, -0.1) is 0 Å². The number of fused-ring (bicyclic) bond motifs is 1. The van der Waals surface area contributed by atoms with Gasteiger partial charge >= 0.3 is 0 Å². The Balaban J connectivity index is 2.09. The highest BCUT2D eigenvalue weighted by atomic mass is 32.2. The topological polar surface area (TPSA) is 37.8 Å². The Labute approximate surface area is 128 Å². The minimum atomic E-state index is 0.687. The monoisotopic (exact) mass is 295 g/mol. The second-order valence-corrected chi connectivity index (χ2v) is 5.80. The van der Waals surface area contributed by atoms with Crippen LogP contribution in [0.3, 0.4) is 0 Å². The largest absolute Gasteiger partial charge is 0.354 e. The van der Waals surface area contributed by atoms with Gasteiger partial charge in [-0.3, -0.25) is 0 Å². The van der Waals surface area contributed by atoms with Gasteiger partial charge in [0.05, 0.1) is 5.52 Å². The lowest BCUT2D eigenvalue weighted by Gasteiger charge is -2.10. The minimum absolute atomic E-state index is 0.687. The second-order valence-electron chi connectivity index (χ2n) is 4.77.